The first-order valence-electron chi connectivity index (χ1n) is 10.1. The summed E-state index contributed by atoms with van der Waals surface area (Å²) in [6, 6.07) is 2.13. The standard InChI is InChI=1S/C20H31N5O7/c21-8-2-1-3-14(20(31)32)24-18(29)15(9-12-4-6-13(27)7-5-12)25-19(30)16(11-26)23-17(28)10-22/h4-7,14-16,26-27H,1-3,8-11,21-22H2,(H,23,28)(H,24,29)(H,25,30)(H,31,32). The largest absolute Gasteiger partial charge is 0.508 e. The number of amides is 3. The minimum Gasteiger partial charge on any atom is -0.508 e. The number of aliphatic hydroxyl groups excluding tert-OH is 1. The molecule has 178 valence electrons. The molecule has 32 heavy (non-hydrogen) atoms. The third-order valence-electron chi connectivity index (χ3n) is 4.59. The second kappa shape index (κ2) is 14.0. The predicted octanol–water partition coefficient (Wildman–Crippen LogP) is -2.45. The maximum absolute atomic E-state index is 12.9. The number of phenols is 1. The van der Waals surface area contributed by atoms with Gasteiger partial charge in [0, 0.05) is 6.42 Å². The Balaban J connectivity index is 3.00. The Morgan fingerprint density at radius 1 is 0.875 bits per heavy atom. The molecule has 1 aromatic carbocycles. The van der Waals surface area contributed by atoms with E-state index in [0.29, 0.717) is 24.9 Å². The smallest absolute Gasteiger partial charge is 0.326 e. The molecule has 0 fully saturated rings. The number of rotatable bonds is 14. The lowest BCUT2D eigenvalue weighted by Gasteiger charge is -2.24. The number of carboxylic acid groups (broad SMARTS) is 1. The zero-order valence-corrected chi connectivity index (χ0v) is 17.6. The van der Waals surface area contributed by atoms with Gasteiger partial charge in [-0.25, -0.2) is 4.79 Å². The number of phenolic OH excluding ortho intramolecular Hbond substituents is 1. The molecular weight excluding hydrogens is 422 g/mol. The van der Waals surface area contributed by atoms with Gasteiger partial charge < -0.3 is 42.7 Å². The van der Waals surface area contributed by atoms with E-state index in [1.54, 1.807) is 0 Å². The van der Waals surface area contributed by atoms with E-state index in [-0.39, 0.29) is 18.6 Å². The minimum absolute atomic E-state index is 0.00877. The van der Waals surface area contributed by atoms with Crippen LogP contribution in [0.3, 0.4) is 0 Å². The molecule has 0 heterocycles. The van der Waals surface area contributed by atoms with Crippen molar-refractivity contribution in [1.82, 2.24) is 16.0 Å². The number of nitrogens with two attached hydrogens (primary N) is 2. The van der Waals surface area contributed by atoms with Gasteiger partial charge in [0.05, 0.1) is 13.2 Å². The highest BCUT2D eigenvalue weighted by atomic mass is 16.4. The maximum Gasteiger partial charge on any atom is 0.326 e. The summed E-state index contributed by atoms with van der Waals surface area (Å²) in [5, 5.41) is 35.3. The van der Waals surface area contributed by atoms with Gasteiger partial charge in [-0.15, -0.1) is 0 Å². The molecule has 0 saturated carbocycles. The molecule has 0 radical (unpaired) electrons. The highest BCUT2D eigenvalue weighted by Crippen LogP contribution is 2.12. The molecule has 0 bridgehead atoms. The molecule has 0 spiro atoms. The van der Waals surface area contributed by atoms with Crippen molar-refractivity contribution in [2.45, 2.75) is 43.8 Å². The normalized spacial score (nSPS) is 13.5. The van der Waals surface area contributed by atoms with Crippen LogP contribution in [0.15, 0.2) is 24.3 Å². The molecule has 0 aromatic heterocycles. The topological polar surface area (TPSA) is 217 Å². The molecule has 0 saturated heterocycles. The zero-order chi connectivity index (χ0) is 24.1. The number of nitrogens with one attached hydrogen (secondary N) is 3. The van der Waals surface area contributed by atoms with Gasteiger partial charge in [0.15, 0.2) is 0 Å². The molecular formula is C20H31N5O7. The number of unbranched alkanes of at least 4 members (excludes halogenated alkanes) is 1. The highest BCUT2D eigenvalue weighted by Gasteiger charge is 2.29. The Labute approximate surface area is 185 Å². The predicted molar refractivity (Wildman–Crippen MR) is 114 cm³/mol. The molecule has 0 aliphatic heterocycles. The van der Waals surface area contributed by atoms with E-state index in [0.717, 1.165) is 0 Å². The van der Waals surface area contributed by atoms with Crippen LogP contribution in [0, 0.1) is 0 Å². The van der Waals surface area contributed by atoms with Crippen molar-refractivity contribution in [2.75, 3.05) is 19.7 Å². The molecule has 0 aliphatic rings. The van der Waals surface area contributed by atoms with E-state index in [1.165, 1.54) is 24.3 Å². The van der Waals surface area contributed by atoms with Crippen molar-refractivity contribution in [3.05, 3.63) is 29.8 Å². The van der Waals surface area contributed by atoms with Crippen LogP contribution < -0.4 is 27.4 Å². The fourth-order valence-electron chi connectivity index (χ4n) is 2.82. The van der Waals surface area contributed by atoms with Crippen molar-refractivity contribution >= 4 is 23.7 Å². The van der Waals surface area contributed by atoms with Gasteiger partial charge in [0.2, 0.25) is 17.7 Å². The van der Waals surface area contributed by atoms with Crippen LogP contribution in [0.25, 0.3) is 0 Å². The number of aliphatic hydroxyl groups is 1. The average Bonchev–Trinajstić information content (AvgIpc) is 2.77. The van der Waals surface area contributed by atoms with Crippen molar-refractivity contribution in [1.29, 1.82) is 0 Å². The summed E-state index contributed by atoms with van der Waals surface area (Å²) in [4.78, 5) is 48.4. The highest BCUT2D eigenvalue weighted by molar-refractivity contribution is 5.93. The third kappa shape index (κ3) is 9.29. The summed E-state index contributed by atoms with van der Waals surface area (Å²) in [5.74, 6) is -3.50. The molecule has 1 aromatic rings. The summed E-state index contributed by atoms with van der Waals surface area (Å²) in [5.41, 5.74) is 11.2. The van der Waals surface area contributed by atoms with Gasteiger partial charge in [-0.3, -0.25) is 14.4 Å². The van der Waals surface area contributed by atoms with Gasteiger partial charge in [-0.1, -0.05) is 12.1 Å². The second-order valence-corrected chi connectivity index (χ2v) is 7.12. The van der Waals surface area contributed by atoms with E-state index in [2.05, 4.69) is 16.0 Å². The Hall–Kier alpha value is -3.22. The monoisotopic (exact) mass is 453 g/mol. The second-order valence-electron chi connectivity index (χ2n) is 7.12. The first-order valence-corrected chi connectivity index (χ1v) is 10.1. The van der Waals surface area contributed by atoms with Crippen LogP contribution in [0.4, 0.5) is 0 Å². The molecule has 12 nitrogen and oxygen atoms in total. The molecule has 3 unspecified atom stereocenters. The van der Waals surface area contributed by atoms with Gasteiger partial charge in [0.25, 0.3) is 0 Å². The van der Waals surface area contributed by atoms with Crippen LogP contribution >= 0.6 is 0 Å². The Kier molecular flexibility index (Phi) is 11.7. The van der Waals surface area contributed by atoms with Gasteiger partial charge in [0.1, 0.15) is 23.9 Å². The maximum atomic E-state index is 12.9. The molecule has 0 aliphatic carbocycles. The first kappa shape index (κ1) is 26.8. The van der Waals surface area contributed by atoms with Crippen molar-refractivity contribution < 1.29 is 34.5 Å². The molecule has 3 atom stereocenters. The number of hydrogen-bond donors (Lipinski definition) is 8. The van der Waals surface area contributed by atoms with Gasteiger partial charge >= 0.3 is 5.97 Å². The van der Waals surface area contributed by atoms with Crippen molar-refractivity contribution in [3.63, 3.8) is 0 Å². The first-order chi connectivity index (χ1) is 15.2. The number of carbonyl (C=O) groups is 4. The summed E-state index contributed by atoms with van der Waals surface area (Å²) >= 11 is 0. The lowest BCUT2D eigenvalue weighted by Crippen LogP contribution is -2.57. The summed E-state index contributed by atoms with van der Waals surface area (Å²) in [6.45, 7) is -0.747. The van der Waals surface area contributed by atoms with Gasteiger partial charge in [-0.05, 0) is 43.5 Å². The SMILES string of the molecule is NCCCCC(NC(=O)C(Cc1ccc(O)cc1)NC(=O)C(CO)NC(=O)CN)C(=O)O. The van der Waals surface area contributed by atoms with Crippen LogP contribution in [0.1, 0.15) is 24.8 Å². The number of carboxylic acids is 1. The number of hydrogen-bond acceptors (Lipinski definition) is 8. The van der Waals surface area contributed by atoms with Crippen LogP contribution in [-0.2, 0) is 25.6 Å². The minimum atomic E-state index is -1.35. The van der Waals surface area contributed by atoms with E-state index in [1.807, 2.05) is 0 Å². The van der Waals surface area contributed by atoms with E-state index in [4.69, 9.17) is 11.5 Å². The van der Waals surface area contributed by atoms with Gasteiger partial charge in [-0.2, -0.15) is 0 Å². The Morgan fingerprint density at radius 3 is 2.00 bits per heavy atom. The summed E-state index contributed by atoms with van der Waals surface area (Å²) in [6.07, 6.45) is 1.20. The van der Waals surface area contributed by atoms with Crippen LogP contribution in [-0.4, -0.2) is 76.8 Å². The van der Waals surface area contributed by atoms with Crippen LogP contribution in [0.5, 0.6) is 5.75 Å². The van der Waals surface area contributed by atoms with Crippen molar-refractivity contribution in [2.24, 2.45) is 11.5 Å². The third-order valence-corrected chi connectivity index (χ3v) is 4.59. The van der Waals surface area contributed by atoms with Crippen LogP contribution in [0.2, 0.25) is 0 Å². The zero-order valence-electron chi connectivity index (χ0n) is 17.6. The van der Waals surface area contributed by atoms with E-state index < -0.39 is 55.0 Å². The molecule has 10 N–H and O–H groups in total. The average molecular weight is 453 g/mol. The number of carbonyl (C=O) groups excluding carboxylic acids is 3. The van der Waals surface area contributed by atoms with E-state index in [9.17, 15) is 34.5 Å². The number of aliphatic carboxylic acids is 1. The fourth-order valence-corrected chi connectivity index (χ4v) is 2.82. The summed E-state index contributed by atoms with van der Waals surface area (Å²) in [7, 11) is 0. The Bertz CT molecular complexity index is 772. The number of benzene rings is 1. The fraction of sp³-hybridized carbons (Fsp3) is 0.500. The molecule has 3 amide bonds. The lowest BCUT2D eigenvalue weighted by atomic mass is 10.0. The molecule has 12 heteroatoms. The van der Waals surface area contributed by atoms with Crippen molar-refractivity contribution in [3.8, 4) is 5.75 Å². The van der Waals surface area contributed by atoms with E-state index >= 15 is 0 Å². The molecule has 1 rings (SSSR count). The Morgan fingerprint density at radius 2 is 1.47 bits per heavy atom. The quantitative estimate of drug-likeness (QED) is 0.140. The summed E-state index contributed by atoms with van der Waals surface area (Å²) < 4.78 is 0. The lowest BCUT2D eigenvalue weighted by molar-refractivity contribution is -0.142. The number of aromatic hydroxyl groups is 1.